The van der Waals surface area contributed by atoms with Crippen molar-refractivity contribution in [2.75, 3.05) is 26.2 Å². The maximum absolute atomic E-state index is 5.83. The van der Waals surface area contributed by atoms with Gasteiger partial charge in [-0.2, -0.15) is 0 Å². The molecule has 0 saturated carbocycles. The SMILES string of the molecule is CCCN1CCC(NC(=NCc2ncc(C(C)(C)C)o2)NCC)CC1.I. The molecule has 2 heterocycles. The van der Waals surface area contributed by atoms with Crippen LogP contribution in [-0.2, 0) is 12.0 Å². The molecule has 0 aliphatic carbocycles. The van der Waals surface area contributed by atoms with Crippen LogP contribution in [0.25, 0.3) is 0 Å². The van der Waals surface area contributed by atoms with E-state index in [1.165, 1.54) is 26.1 Å². The van der Waals surface area contributed by atoms with Gasteiger partial charge < -0.3 is 20.0 Å². The minimum Gasteiger partial charge on any atom is -0.443 e. The van der Waals surface area contributed by atoms with E-state index in [1.807, 2.05) is 6.20 Å². The molecule has 0 unspecified atom stereocenters. The number of oxazole rings is 1. The van der Waals surface area contributed by atoms with Gasteiger partial charge in [-0.3, -0.25) is 0 Å². The predicted octanol–water partition coefficient (Wildman–Crippen LogP) is 3.52. The van der Waals surface area contributed by atoms with E-state index in [1.54, 1.807) is 0 Å². The second-order valence-electron chi connectivity index (χ2n) is 7.82. The Bertz CT molecular complexity index is 544. The monoisotopic (exact) mass is 477 g/mol. The Labute approximate surface area is 175 Å². The topological polar surface area (TPSA) is 65.7 Å². The van der Waals surface area contributed by atoms with Crippen molar-refractivity contribution in [1.29, 1.82) is 0 Å². The number of likely N-dealkylation sites (tertiary alicyclic amines) is 1. The lowest BCUT2D eigenvalue weighted by Gasteiger charge is -2.32. The number of halogens is 1. The molecule has 26 heavy (non-hydrogen) atoms. The van der Waals surface area contributed by atoms with Crippen molar-refractivity contribution in [2.24, 2.45) is 4.99 Å². The van der Waals surface area contributed by atoms with E-state index in [-0.39, 0.29) is 29.4 Å². The molecule has 0 radical (unpaired) electrons. The van der Waals surface area contributed by atoms with Gasteiger partial charge >= 0.3 is 0 Å². The third kappa shape index (κ3) is 7.42. The first-order chi connectivity index (χ1) is 11.9. The Kier molecular flexibility index (Phi) is 9.92. The molecule has 1 saturated heterocycles. The second kappa shape index (κ2) is 11.1. The van der Waals surface area contributed by atoms with Gasteiger partial charge in [0.2, 0.25) is 5.89 Å². The number of rotatable bonds is 6. The number of nitrogens with one attached hydrogen (secondary N) is 2. The Morgan fingerprint density at radius 2 is 2.00 bits per heavy atom. The summed E-state index contributed by atoms with van der Waals surface area (Å²) in [7, 11) is 0. The molecule has 2 rings (SSSR count). The van der Waals surface area contributed by atoms with Crippen LogP contribution in [-0.4, -0.2) is 48.1 Å². The van der Waals surface area contributed by atoms with Crippen molar-refractivity contribution in [3.63, 3.8) is 0 Å². The van der Waals surface area contributed by atoms with Gasteiger partial charge in [-0.15, -0.1) is 24.0 Å². The summed E-state index contributed by atoms with van der Waals surface area (Å²) in [5.74, 6) is 2.42. The van der Waals surface area contributed by atoms with Gasteiger partial charge in [-0.1, -0.05) is 27.7 Å². The highest BCUT2D eigenvalue weighted by molar-refractivity contribution is 14.0. The van der Waals surface area contributed by atoms with Crippen molar-refractivity contribution in [2.45, 2.75) is 71.9 Å². The predicted molar refractivity (Wildman–Crippen MR) is 118 cm³/mol. The van der Waals surface area contributed by atoms with Crippen molar-refractivity contribution in [3.05, 3.63) is 17.8 Å². The maximum Gasteiger partial charge on any atom is 0.216 e. The quantitative estimate of drug-likeness (QED) is 0.373. The molecule has 1 fully saturated rings. The van der Waals surface area contributed by atoms with E-state index in [9.17, 15) is 0 Å². The second-order valence-corrected chi connectivity index (χ2v) is 7.82. The normalized spacial score (nSPS) is 17.0. The highest BCUT2D eigenvalue weighted by Crippen LogP contribution is 2.22. The zero-order valence-corrected chi connectivity index (χ0v) is 19.3. The number of hydrogen-bond acceptors (Lipinski definition) is 4. The third-order valence-corrected chi connectivity index (χ3v) is 4.48. The Morgan fingerprint density at radius 3 is 2.54 bits per heavy atom. The fourth-order valence-corrected chi connectivity index (χ4v) is 3.01. The molecular formula is C19H36IN5O. The molecule has 1 aromatic rings. The highest BCUT2D eigenvalue weighted by atomic mass is 127. The third-order valence-electron chi connectivity index (χ3n) is 4.48. The highest BCUT2D eigenvalue weighted by Gasteiger charge is 2.20. The lowest BCUT2D eigenvalue weighted by Crippen LogP contribution is -2.48. The summed E-state index contributed by atoms with van der Waals surface area (Å²) in [6, 6.07) is 0.487. The lowest BCUT2D eigenvalue weighted by atomic mass is 9.94. The number of aromatic nitrogens is 1. The van der Waals surface area contributed by atoms with Crippen LogP contribution in [0.2, 0.25) is 0 Å². The fraction of sp³-hybridized carbons (Fsp3) is 0.789. The largest absolute Gasteiger partial charge is 0.443 e. The Balaban J connectivity index is 0.00000338. The van der Waals surface area contributed by atoms with Crippen LogP contribution < -0.4 is 10.6 Å². The van der Waals surface area contributed by atoms with E-state index in [4.69, 9.17) is 4.42 Å². The van der Waals surface area contributed by atoms with Crippen molar-refractivity contribution < 1.29 is 4.42 Å². The van der Waals surface area contributed by atoms with Crippen LogP contribution >= 0.6 is 24.0 Å². The molecule has 1 aliphatic heterocycles. The van der Waals surface area contributed by atoms with E-state index in [0.717, 1.165) is 31.1 Å². The summed E-state index contributed by atoms with van der Waals surface area (Å²) in [4.78, 5) is 11.6. The lowest BCUT2D eigenvalue weighted by molar-refractivity contribution is 0.206. The van der Waals surface area contributed by atoms with Crippen LogP contribution in [0.4, 0.5) is 0 Å². The molecule has 0 amide bonds. The van der Waals surface area contributed by atoms with Crippen LogP contribution in [0.15, 0.2) is 15.6 Å². The summed E-state index contributed by atoms with van der Waals surface area (Å²) in [5, 5.41) is 6.90. The fourth-order valence-electron chi connectivity index (χ4n) is 3.01. The average molecular weight is 477 g/mol. The van der Waals surface area contributed by atoms with Crippen LogP contribution in [0, 0.1) is 0 Å². The van der Waals surface area contributed by atoms with Gasteiger partial charge in [0.25, 0.3) is 0 Å². The molecule has 1 aliphatic rings. The van der Waals surface area contributed by atoms with Crippen molar-refractivity contribution >= 4 is 29.9 Å². The molecule has 0 spiro atoms. The molecule has 0 atom stereocenters. The smallest absolute Gasteiger partial charge is 0.216 e. The van der Waals surface area contributed by atoms with Crippen molar-refractivity contribution in [1.82, 2.24) is 20.5 Å². The van der Waals surface area contributed by atoms with Gasteiger partial charge in [0.05, 0.1) is 6.20 Å². The van der Waals surface area contributed by atoms with Crippen molar-refractivity contribution in [3.8, 4) is 0 Å². The van der Waals surface area contributed by atoms with Gasteiger partial charge in [-0.25, -0.2) is 9.98 Å². The van der Waals surface area contributed by atoms with Gasteiger partial charge in [0.15, 0.2) is 5.96 Å². The van der Waals surface area contributed by atoms with Crippen LogP contribution in [0.5, 0.6) is 0 Å². The molecule has 150 valence electrons. The zero-order chi connectivity index (χ0) is 18.3. The Morgan fingerprint density at radius 1 is 1.31 bits per heavy atom. The number of guanidine groups is 1. The number of piperidine rings is 1. The molecule has 6 nitrogen and oxygen atoms in total. The van der Waals surface area contributed by atoms with E-state index >= 15 is 0 Å². The minimum absolute atomic E-state index is 0. The first-order valence-corrected chi connectivity index (χ1v) is 9.64. The minimum atomic E-state index is -0.0236. The summed E-state index contributed by atoms with van der Waals surface area (Å²) in [5.41, 5.74) is -0.0236. The van der Waals surface area contributed by atoms with E-state index in [2.05, 4.69) is 60.1 Å². The van der Waals surface area contributed by atoms with Gasteiger partial charge in [0, 0.05) is 31.1 Å². The van der Waals surface area contributed by atoms with Gasteiger partial charge in [0.1, 0.15) is 12.3 Å². The van der Waals surface area contributed by atoms with E-state index < -0.39 is 0 Å². The molecule has 0 aromatic carbocycles. The maximum atomic E-state index is 5.83. The Hall–Kier alpha value is -0.830. The standard InChI is InChI=1S/C19H35N5O.HI/c1-6-10-24-11-8-15(9-12-24)23-18(20-7-2)22-14-17-21-13-16(25-17)19(3,4)5;/h13,15H,6-12,14H2,1-5H3,(H2,20,22,23);1H. The first kappa shape index (κ1) is 23.2. The molecule has 1 aromatic heterocycles. The van der Waals surface area contributed by atoms with Crippen LogP contribution in [0.1, 0.15) is 65.5 Å². The molecular weight excluding hydrogens is 441 g/mol. The van der Waals surface area contributed by atoms with E-state index in [0.29, 0.717) is 18.5 Å². The zero-order valence-electron chi connectivity index (χ0n) is 17.0. The molecule has 0 bridgehead atoms. The molecule has 7 heteroatoms. The first-order valence-electron chi connectivity index (χ1n) is 9.64. The average Bonchev–Trinajstić information content (AvgIpc) is 3.04. The number of aliphatic imine (C=N–C) groups is 1. The summed E-state index contributed by atoms with van der Waals surface area (Å²) in [6.07, 6.45) is 5.37. The van der Waals surface area contributed by atoms with Crippen LogP contribution in [0.3, 0.4) is 0 Å². The summed E-state index contributed by atoms with van der Waals surface area (Å²) < 4.78 is 5.83. The molecule has 2 N–H and O–H groups in total. The summed E-state index contributed by atoms with van der Waals surface area (Å²) in [6.45, 7) is 15.5. The van der Waals surface area contributed by atoms with Gasteiger partial charge in [-0.05, 0) is 32.7 Å². The number of nitrogens with zero attached hydrogens (tertiary/aromatic N) is 3. The summed E-state index contributed by atoms with van der Waals surface area (Å²) >= 11 is 0. The number of hydrogen-bond donors (Lipinski definition) is 2.